The summed E-state index contributed by atoms with van der Waals surface area (Å²) in [4.78, 5) is 28.2. The van der Waals surface area contributed by atoms with Gasteiger partial charge < -0.3 is 19.5 Å². The first kappa shape index (κ1) is 19.1. The van der Waals surface area contributed by atoms with E-state index in [4.69, 9.17) is 16.0 Å². The number of amides is 3. The molecule has 0 saturated carbocycles. The second kappa shape index (κ2) is 7.67. The minimum atomic E-state index is -0.529. The lowest BCUT2D eigenvalue weighted by Gasteiger charge is -2.43. The van der Waals surface area contributed by atoms with Gasteiger partial charge in [-0.25, -0.2) is 9.18 Å². The summed E-state index contributed by atoms with van der Waals surface area (Å²) < 4.78 is 18.7. The zero-order valence-corrected chi connectivity index (χ0v) is 16.6. The molecular formula is C19H19ClFN3O3S. The fourth-order valence-corrected chi connectivity index (χ4v) is 5.14. The van der Waals surface area contributed by atoms with Gasteiger partial charge in [0, 0.05) is 18.8 Å². The van der Waals surface area contributed by atoms with E-state index in [1.807, 2.05) is 17.0 Å². The Morgan fingerprint density at radius 1 is 1.32 bits per heavy atom. The van der Waals surface area contributed by atoms with Gasteiger partial charge >= 0.3 is 6.03 Å². The van der Waals surface area contributed by atoms with Crippen LogP contribution in [-0.4, -0.2) is 45.5 Å². The fourth-order valence-electron chi connectivity index (χ4n) is 3.62. The molecule has 2 aliphatic heterocycles. The second-order valence-corrected chi connectivity index (χ2v) is 8.58. The molecule has 0 atom stereocenters. The Morgan fingerprint density at radius 3 is 2.79 bits per heavy atom. The van der Waals surface area contributed by atoms with Gasteiger partial charge in [0.25, 0.3) is 0 Å². The molecule has 4 rings (SSSR count). The maximum atomic E-state index is 13.3. The predicted octanol–water partition coefficient (Wildman–Crippen LogP) is 4.17. The number of benzene rings is 1. The highest BCUT2D eigenvalue weighted by Gasteiger charge is 2.48. The number of likely N-dealkylation sites (tertiary alicyclic amines) is 1. The molecule has 0 bridgehead atoms. The average Bonchev–Trinajstić information content (AvgIpc) is 3.30. The highest BCUT2D eigenvalue weighted by atomic mass is 35.5. The van der Waals surface area contributed by atoms with Crippen molar-refractivity contribution >= 4 is 41.0 Å². The summed E-state index contributed by atoms with van der Waals surface area (Å²) in [6.07, 6.45) is 2.97. The van der Waals surface area contributed by atoms with Crippen LogP contribution >= 0.6 is 23.4 Å². The lowest BCUT2D eigenvalue weighted by molar-refractivity contribution is -0.132. The Balaban J connectivity index is 1.39. The van der Waals surface area contributed by atoms with E-state index in [1.165, 1.54) is 18.2 Å². The molecule has 3 amide bonds. The molecule has 0 unspecified atom stereocenters. The smallest absolute Gasteiger partial charge is 0.321 e. The van der Waals surface area contributed by atoms with Gasteiger partial charge in [-0.15, -0.1) is 11.8 Å². The van der Waals surface area contributed by atoms with E-state index in [-0.39, 0.29) is 21.8 Å². The third-order valence-corrected chi connectivity index (χ3v) is 7.00. The summed E-state index contributed by atoms with van der Waals surface area (Å²) >= 11 is 7.41. The van der Waals surface area contributed by atoms with Crippen molar-refractivity contribution in [3.8, 4) is 0 Å². The number of urea groups is 1. The van der Waals surface area contributed by atoms with Gasteiger partial charge in [-0.05, 0) is 43.2 Å². The number of carbonyl (C=O) groups is 2. The number of hydrogen-bond donors (Lipinski definition) is 1. The predicted molar refractivity (Wildman–Crippen MR) is 106 cm³/mol. The number of hydrogen-bond acceptors (Lipinski definition) is 4. The number of nitrogens with one attached hydrogen (secondary N) is 1. The molecule has 0 radical (unpaired) electrons. The Morgan fingerprint density at radius 2 is 2.11 bits per heavy atom. The third kappa shape index (κ3) is 3.71. The number of thioether (sulfide) groups is 1. The van der Waals surface area contributed by atoms with Gasteiger partial charge in [0.15, 0.2) is 0 Å². The molecule has 2 aliphatic rings. The van der Waals surface area contributed by atoms with Gasteiger partial charge in [0.05, 0.1) is 28.5 Å². The first-order chi connectivity index (χ1) is 13.5. The van der Waals surface area contributed by atoms with Crippen molar-refractivity contribution in [2.24, 2.45) is 0 Å². The van der Waals surface area contributed by atoms with Crippen molar-refractivity contribution in [2.45, 2.75) is 24.3 Å². The van der Waals surface area contributed by atoms with E-state index in [9.17, 15) is 14.0 Å². The molecule has 0 aliphatic carbocycles. The molecule has 3 heterocycles. The zero-order valence-electron chi connectivity index (χ0n) is 15.0. The summed E-state index contributed by atoms with van der Waals surface area (Å²) in [6.45, 7) is 1.49. The largest absolute Gasteiger partial charge is 0.467 e. The van der Waals surface area contributed by atoms with Crippen LogP contribution in [0.2, 0.25) is 5.02 Å². The van der Waals surface area contributed by atoms with Gasteiger partial charge in [0.1, 0.15) is 11.6 Å². The maximum Gasteiger partial charge on any atom is 0.321 e. The molecule has 9 heteroatoms. The van der Waals surface area contributed by atoms with Crippen LogP contribution in [0, 0.1) is 5.82 Å². The molecule has 1 aromatic carbocycles. The summed E-state index contributed by atoms with van der Waals surface area (Å²) in [5.41, 5.74) is 0.446. The van der Waals surface area contributed by atoms with Crippen molar-refractivity contribution in [2.75, 3.05) is 24.2 Å². The summed E-state index contributed by atoms with van der Waals surface area (Å²) in [5.74, 6) is 0.768. The lowest BCUT2D eigenvalue weighted by atomic mass is 10.0. The van der Waals surface area contributed by atoms with Crippen molar-refractivity contribution in [3.05, 3.63) is 53.2 Å². The van der Waals surface area contributed by atoms with Crippen molar-refractivity contribution in [1.82, 2.24) is 9.80 Å². The number of carbonyl (C=O) groups excluding carboxylic acids is 2. The van der Waals surface area contributed by atoms with Crippen LogP contribution in [0.3, 0.4) is 0 Å². The average molecular weight is 424 g/mol. The maximum absolute atomic E-state index is 13.3. The summed E-state index contributed by atoms with van der Waals surface area (Å²) in [7, 11) is 0. The quantitative estimate of drug-likeness (QED) is 0.804. The number of piperidine rings is 1. The van der Waals surface area contributed by atoms with Crippen LogP contribution in [0.4, 0.5) is 14.9 Å². The standard InChI is InChI=1S/C19H19ClFN3O3S/c20-15-10-13(3-4-16(15)21)22-18(26)23-7-5-19(6-8-23)24(17(25)12-28-19)11-14-2-1-9-27-14/h1-4,9-10H,5-8,11-12H2,(H,22,26). The highest BCUT2D eigenvalue weighted by molar-refractivity contribution is 8.01. The van der Waals surface area contributed by atoms with Gasteiger partial charge in [0.2, 0.25) is 5.91 Å². The van der Waals surface area contributed by atoms with Gasteiger partial charge in [-0.3, -0.25) is 4.79 Å². The number of nitrogens with zero attached hydrogens (tertiary/aromatic N) is 2. The normalized spacial score (nSPS) is 18.7. The first-order valence-corrected chi connectivity index (χ1v) is 10.3. The Hall–Kier alpha value is -2.19. The molecule has 1 aromatic heterocycles. The van der Waals surface area contributed by atoms with Crippen molar-refractivity contribution in [1.29, 1.82) is 0 Å². The molecule has 1 spiro atoms. The molecule has 2 saturated heterocycles. The lowest BCUT2D eigenvalue weighted by Crippen LogP contribution is -2.53. The number of anilines is 1. The number of halogens is 2. The minimum absolute atomic E-state index is 0.0372. The van der Waals surface area contributed by atoms with Crippen molar-refractivity contribution in [3.63, 3.8) is 0 Å². The van der Waals surface area contributed by atoms with Crippen LogP contribution in [-0.2, 0) is 11.3 Å². The number of furan rings is 1. The highest BCUT2D eigenvalue weighted by Crippen LogP contribution is 2.45. The van der Waals surface area contributed by atoms with Crippen LogP contribution in [0.15, 0.2) is 41.0 Å². The van der Waals surface area contributed by atoms with E-state index >= 15 is 0 Å². The second-order valence-electron chi connectivity index (χ2n) is 6.84. The van der Waals surface area contributed by atoms with Gasteiger partial charge in [-0.2, -0.15) is 0 Å². The van der Waals surface area contributed by atoms with Crippen LogP contribution in [0.25, 0.3) is 0 Å². The SMILES string of the molecule is O=C(Nc1ccc(F)c(Cl)c1)N1CCC2(CC1)SCC(=O)N2Cc1ccco1. The van der Waals surface area contributed by atoms with Gasteiger partial charge in [-0.1, -0.05) is 11.6 Å². The van der Waals surface area contributed by atoms with Crippen LogP contribution in [0.5, 0.6) is 0 Å². The Kier molecular flexibility index (Phi) is 5.25. The molecule has 6 nitrogen and oxygen atoms in total. The van der Waals surface area contributed by atoms with E-state index in [0.29, 0.717) is 43.9 Å². The summed E-state index contributed by atoms with van der Waals surface area (Å²) in [5, 5.41) is 2.71. The molecule has 2 fully saturated rings. The van der Waals surface area contributed by atoms with Crippen LogP contribution in [0.1, 0.15) is 18.6 Å². The van der Waals surface area contributed by atoms with E-state index in [1.54, 1.807) is 22.9 Å². The first-order valence-electron chi connectivity index (χ1n) is 8.95. The van der Waals surface area contributed by atoms with E-state index < -0.39 is 5.82 Å². The monoisotopic (exact) mass is 423 g/mol. The van der Waals surface area contributed by atoms with Crippen LogP contribution < -0.4 is 5.32 Å². The molecule has 1 N–H and O–H groups in total. The molecular weight excluding hydrogens is 405 g/mol. The Bertz CT molecular complexity index is 885. The van der Waals surface area contributed by atoms with E-state index in [0.717, 1.165) is 5.76 Å². The fraction of sp³-hybridized carbons (Fsp3) is 0.368. The molecule has 2 aromatic rings. The molecule has 148 valence electrons. The Labute approximate surface area is 171 Å². The molecule has 28 heavy (non-hydrogen) atoms. The minimum Gasteiger partial charge on any atom is -0.467 e. The van der Waals surface area contributed by atoms with Crippen molar-refractivity contribution < 1.29 is 18.4 Å². The zero-order chi connectivity index (χ0) is 19.7. The topological polar surface area (TPSA) is 65.8 Å². The summed E-state index contributed by atoms with van der Waals surface area (Å²) in [6, 6.07) is 7.49. The van der Waals surface area contributed by atoms with E-state index in [2.05, 4.69) is 5.32 Å². The number of rotatable bonds is 3. The third-order valence-electron chi connectivity index (χ3n) is 5.15.